The van der Waals surface area contributed by atoms with Gasteiger partial charge >= 0.3 is 0 Å². The van der Waals surface area contributed by atoms with E-state index >= 15 is 0 Å². The summed E-state index contributed by atoms with van der Waals surface area (Å²) in [6.45, 7) is 2.21. The van der Waals surface area contributed by atoms with Crippen LogP contribution in [0, 0.1) is 0 Å². The molecule has 3 heteroatoms. The van der Waals surface area contributed by atoms with Crippen LogP contribution < -0.4 is 5.32 Å². The van der Waals surface area contributed by atoms with E-state index < -0.39 is 0 Å². The molecule has 0 radical (unpaired) electrons. The van der Waals surface area contributed by atoms with E-state index in [4.69, 9.17) is 0 Å². The number of benzene rings is 1. The van der Waals surface area contributed by atoms with Crippen LogP contribution in [0.1, 0.15) is 31.4 Å². The molecule has 1 fully saturated rings. The van der Waals surface area contributed by atoms with Crippen molar-refractivity contribution in [1.29, 1.82) is 0 Å². The molecular weight excluding hydrogens is 306 g/mol. The topological polar surface area (TPSA) is 12.0 Å². The van der Waals surface area contributed by atoms with E-state index in [1.807, 2.05) is 0 Å². The van der Waals surface area contributed by atoms with Crippen LogP contribution in [0.3, 0.4) is 0 Å². The van der Waals surface area contributed by atoms with Crippen molar-refractivity contribution in [3.8, 4) is 0 Å². The highest BCUT2D eigenvalue weighted by Crippen LogP contribution is 2.29. The maximum atomic E-state index is 3.59. The predicted molar refractivity (Wildman–Crippen MR) is 66.4 cm³/mol. The zero-order valence-electron chi connectivity index (χ0n) is 8.06. The van der Waals surface area contributed by atoms with E-state index in [9.17, 15) is 0 Å². The Hall–Kier alpha value is 0.140. The molecule has 1 aliphatic carbocycles. The average Bonchev–Trinajstić information content (AvgIpc) is 2.87. The second kappa shape index (κ2) is 4.33. The van der Waals surface area contributed by atoms with Crippen LogP contribution in [0.15, 0.2) is 27.1 Å². The Balaban J connectivity index is 2.13. The number of hydrogen-bond acceptors (Lipinski definition) is 1. The second-order valence-corrected chi connectivity index (χ2v) is 5.60. The van der Waals surface area contributed by atoms with E-state index in [1.165, 1.54) is 22.9 Å². The summed E-state index contributed by atoms with van der Waals surface area (Å²) < 4.78 is 2.29. The number of nitrogens with one attached hydrogen (secondary N) is 1. The van der Waals surface area contributed by atoms with Crippen molar-refractivity contribution in [2.45, 2.75) is 31.8 Å². The quantitative estimate of drug-likeness (QED) is 0.887. The van der Waals surface area contributed by atoms with Crippen LogP contribution >= 0.6 is 31.9 Å². The molecule has 76 valence electrons. The maximum Gasteiger partial charge on any atom is 0.0305 e. The fraction of sp³-hybridized carbons (Fsp3) is 0.455. The second-order valence-electron chi connectivity index (χ2n) is 3.83. The lowest BCUT2D eigenvalue weighted by Gasteiger charge is -2.15. The molecule has 0 aliphatic heterocycles. The van der Waals surface area contributed by atoms with Gasteiger partial charge in [-0.25, -0.2) is 0 Å². The SMILES string of the molecule is CC(NC1CC1)c1ccc(Br)cc1Br. The van der Waals surface area contributed by atoms with E-state index in [0.29, 0.717) is 6.04 Å². The van der Waals surface area contributed by atoms with Crippen molar-refractivity contribution >= 4 is 31.9 Å². The highest BCUT2D eigenvalue weighted by atomic mass is 79.9. The molecule has 1 unspecified atom stereocenters. The Morgan fingerprint density at radius 1 is 1.36 bits per heavy atom. The van der Waals surface area contributed by atoms with Crippen molar-refractivity contribution in [3.63, 3.8) is 0 Å². The first-order chi connectivity index (χ1) is 6.66. The van der Waals surface area contributed by atoms with Gasteiger partial charge < -0.3 is 5.32 Å². The molecule has 1 aliphatic rings. The lowest BCUT2D eigenvalue weighted by molar-refractivity contribution is 0.569. The highest BCUT2D eigenvalue weighted by Gasteiger charge is 2.23. The lowest BCUT2D eigenvalue weighted by Crippen LogP contribution is -2.20. The minimum absolute atomic E-state index is 0.435. The van der Waals surface area contributed by atoms with Crippen molar-refractivity contribution in [2.24, 2.45) is 0 Å². The van der Waals surface area contributed by atoms with Crippen molar-refractivity contribution in [2.75, 3.05) is 0 Å². The van der Waals surface area contributed by atoms with E-state index in [2.05, 4.69) is 62.3 Å². The van der Waals surface area contributed by atoms with Gasteiger partial charge in [-0.15, -0.1) is 0 Å². The molecule has 0 spiro atoms. The summed E-state index contributed by atoms with van der Waals surface area (Å²) in [7, 11) is 0. The van der Waals surface area contributed by atoms with Gasteiger partial charge in [0.25, 0.3) is 0 Å². The van der Waals surface area contributed by atoms with Crippen LogP contribution in [-0.4, -0.2) is 6.04 Å². The van der Waals surface area contributed by atoms with Gasteiger partial charge in [-0.3, -0.25) is 0 Å². The monoisotopic (exact) mass is 317 g/mol. The molecule has 1 aromatic carbocycles. The Labute approximate surface area is 102 Å². The van der Waals surface area contributed by atoms with Gasteiger partial charge in [0.15, 0.2) is 0 Å². The van der Waals surface area contributed by atoms with Crippen molar-refractivity contribution < 1.29 is 0 Å². The first-order valence-electron chi connectivity index (χ1n) is 4.88. The number of hydrogen-bond donors (Lipinski definition) is 1. The summed E-state index contributed by atoms with van der Waals surface area (Å²) in [5, 5.41) is 3.59. The first-order valence-corrected chi connectivity index (χ1v) is 6.46. The molecular formula is C11H13Br2N. The Morgan fingerprint density at radius 2 is 2.07 bits per heavy atom. The van der Waals surface area contributed by atoms with E-state index in [-0.39, 0.29) is 0 Å². The summed E-state index contributed by atoms with van der Waals surface area (Å²) in [6, 6.07) is 7.53. The zero-order chi connectivity index (χ0) is 10.1. The fourth-order valence-corrected chi connectivity index (χ4v) is 2.94. The molecule has 0 bridgehead atoms. The molecule has 14 heavy (non-hydrogen) atoms. The molecule has 1 N–H and O–H groups in total. The number of halogens is 2. The van der Waals surface area contributed by atoms with Gasteiger partial charge in [0, 0.05) is 21.0 Å². The minimum atomic E-state index is 0.435. The van der Waals surface area contributed by atoms with Crippen molar-refractivity contribution in [1.82, 2.24) is 5.32 Å². The van der Waals surface area contributed by atoms with Gasteiger partial charge in [0.1, 0.15) is 0 Å². The Bertz CT molecular complexity index is 334. The molecule has 0 aromatic heterocycles. The third-order valence-corrected chi connectivity index (χ3v) is 3.67. The summed E-state index contributed by atoms with van der Waals surface area (Å²) in [5.41, 5.74) is 1.33. The largest absolute Gasteiger partial charge is 0.307 e. The summed E-state index contributed by atoms with van der Waals surface area (Å²) in [6.07, 6.45) is 2.66. The van der Waals surface area contributed by atoms with Crippen LogP contribution in [-0.2, 0) is 0 Å². The smallest absolute Gasteiger partial charge is 0.0305 e. The fourth-order valence-electron chi connectivity index (χ4n) is 1.55. The third-order valence-electron chi connectivity index (χ3n) is 2.49. The third kappa shape index (κ3) is 2.59. The summed E-state index contributed by atoms with van der Waals surface area (Å²) in [4.78, 5) is 0. The molecule has 1 nitrogen and oxygen atoms in total. The van der Waals surface area contributed by atoms with Gasteiger partial charge in [-0.05, 0) is 37.5 Å². The van der Waals surface area contributed by atoms with Gasteiger partial charge in [0.05, 0.1) is 0 Å². The zero-order valence-corrected chi connectivity index (χ0v) is 11.2. The van der Waals surface area contributed by atoms with Gasteiger partial charge in [-0.2, -0.15) is 0 Å². The molecule has 0 amide bonds. The standard InChI is InChI=1S/C11H13Br2N/c1-7(14-9-3-4-9)10-5-2-8(12)6-11(10)13/h2,5-7,9,14H,3-4H2,1H3. The predicted octanol–water partition coefficient (Wildman–Crippen LogP) is 4.02. The van der Waals surface area contributed by atoms with Crippen LogP contribution in [0.25, 0.3) is 0 Å². The molecule has 1 atom stereocenters. The summed E-state index contributed by atoms with van der Waals surface area (Å²) >= 11 is 7.05. The first kappa shape index (κ1) is 10.7. The summed E-state index contributed by atoms with van der Waals surface area (Å²) in [5.74, 6) is 0. The van der Waals surface area contributed by atoms with E-state index in [0.717, 1.165) is 10.5 Å². The average molecular weight is 319 g/mol. The number of rotatable bonds is 3. The van der Waals surface area contributed by atoms with Crippen LogP contribution in [0.5, 0.6) is 0 Å². The minimum Gasteiger partial charge on any atom is -0.307 e. The normalized spacial score (nSPS) is 18.2. The van der Waals surface area contributed by atoms with Gasteiger partial charge in [0.2, 0.25) is 0 Å². The maximum absolute atomic E-state index is 3.59. The Kier molecular flexibility index (Phi) is 3.30. The van der Waals surface area contributed by atoms with Crippen LogP contribution in [0.2, 0.25) is 0 Å². The molecule has 0 saturated heterocycles. The molecule has 1 aromatic rings. The van der Waals surface area contributed by atoms with E-state index in [1.54, 1.807) is 0 Å². The van der Waals surface area contributed by atoms with Gasteiger partial charge in [-0.1, -0.05) is 37.9 Å². The van der Waals surface area contributed by atoms with Crippen molar-refractivity contribution in [3.05, 3.63) is 32.7 Å². The molecule has 1 saturated carbocycles. The highest BCUT2D eigenvalue weighted by molar-refractivity contribution is 9.11. The Morgan fingerprint density at radius 3 is 2.64 bits per heavy atom. The molecule has 0 heterocycles. The van der Waals surface area contributed by atoms with Crippen LogP contribution in [0.4, 0.5) is 0 Å². The lowest BCUT2D eigenvalue weighted by atomic mass is 10.1. The molecule has 2 rings (SSSR count).